The Balaban J connectivity index is 2.88. The lowest BCUT2D eigenvalue weighted by Gasteiger charge is -2.07. The van der Waals surface area contributed by atoms with Gasteiger partial charge in [0.1, 0.15) is 0 Å². The largest absolute Gasteiger partial charge is 0.280 e. The van der Waals surface area contributed by atoms with Crippen LogP contribution in [0.1, 0.15) is 17.8 Å². The summed E-state index contributed by atoms with van der Waals surface area (Å²) in [6.45, 7) is 3.59. The highest BCUT2D eigenvalue weighted by molar-refractivity contribution is 7.92. The molecule has 16 heavy (non-hydrogen) atoms. The Bertz CT molecular complexity index is 467. The van der Waals surface area contributed by atoms with Crippen LogP contribution in [0.25, 0.3) is 0 Å². The molecule has 92 valence electrons. The molecule has 0 atom stereocenters. The quantitative estimate of drug-likeness (QED) is 0.819. The third-order valence-corrected chi connectivity index (χ3v) is 3.92. The van der Waals surface area contributed by atoms with E-state index in [4.69, 9.17) is 11.6 Å². The van der Waals surface area contributed by atoms with E-state index in [9.17, 15) is 8.42 Å². The molecule has 0 saturated heterocycles. The Morgan fingerprint density at radius 1 is 1.44 bits per heavy atom. The van der Waals surface area contributed by atoms with Crippen LogP contribution >= 0.6 is 11.6 Å². The van der Waals surface area contributed by atoms with E-state index in [-0.39, 0.29) is 5.75 Å². The van der Waals surface area contributed by atoms with E-state index in [1.807, 2.05) is 6.92 Å². The molecule has 1 rings (SSSR count). The van der Waals surface area contributed by atoms with Gasteiger partial charge in [0.15, 0.2) is 0 Å². The van der Waals surface area contributed by atoms with E-state index in [1.165, 1.54) is 0 Å². The minimum atomic E-state index is -3.32. The van der Waals surface area contributed by atoms with Gasteiger partial charge >= 0.3 is 0 Å². The zero-order chi connectivity index (χ0) is 12.3. The minimum Gasteiger partial charge on any atom is -0.280 e. The van der Waals surface area contributed by atoms with Crippen molar-refractivity contribution in [1.82, 2.24) is 9.78 Å². The molecule has 0 aliphatic carbocycles. The summed E-state index contributed by atoms with van der Waals surface area (Å²) in [5.74, 6) is 0.371. The summed E-state index contributed by atoms with van der Waals surface area (Å²) in [7, 11) is -1.54. The molecule has 1 aromatic rings. The molecule has 0 amide bonds. The molecule has 0 saturated carbocycles. The Morgan fingerprint density at radius 2 is 2.06 bits per heavy atom. The molecule has 0 unspecified atom stereocenters. The third-order valence-electron chi connectivity index (χ3n) is 2.31. The molecule has 0 bridgehead atoms. The summed E-state index contributed by atoms with van der Waals surface area (Å²) >= 11 is 5.47. The van der Waals surface area contributed by atoms with Gasteiger partial charge in [0.2, 0.25) is 10.0 Å². The molecule has 1 N–H and O–H groups in total. The van der Waals surface area contributed by atoms with Crippen LogP contribution in [-0.2, 0) is 17.1 Å². The van der Waals surface area contributed by atoms with Crippen LogP contribution < -0.4 is 4.72 Å². The van der Waals surface area contributed by atoms with Crippen LogP contribution in [0, 0.1) is 13.8 Å². The number of halogens is 1. The molecule has 5 nitrogen and oxygen atoms in total. The van der Waals surface area contributed by atoms with Crippen molar-refractivity contribution in [2.75, 3.05) is 16.4 Å². The zero-order valence-electron chi connectivity index (χ0n) is 9.62. The van der Waals surface area contributed by atoms with Gasteiger partial charge in [-0.3, -0.25) is 9.40 Å². The summed E-state index contributed by atoms with van der Waals surface area (Å²) in [4.78, 5) is 0. The second kappa shape index (κ2) is 5.05. The SMILES string of the molecule is Cc1nn(C)c(C)c1NS(=O)(=O)CCCCl. The van der Waals surface area contributed by atoms with E-state index < -0.39 is 10.0 Å². The van der Waals surface area contributed by atoms with Gasteiger partial charge in [-0.1, -0.05) is 0 Å². The molecule has 1 heterocycles. The summed E-state index contributed by atoms with van der Waals surface area (Å²) in [5, 5.41) is 4.14. The predicted octanol–water partition coefficient (Wildman–Crippen LogP) is 1.41. The van der Waals surface area contributed by atoms with Crippen LogP contribution in [0.2, 0.25) is 0 Å². The molecule has 0 aliphatic heterocycles. The van der Waals surface area contributed by atoms with Crippen LogP contribution in [0.5, 0.6) is 0 Å². The number of alkyl halides is 1. The summed E-state index contributed by atoms with van der Waals surface area (Å²) in [5.41, 5.74) is 2.04. The Hall–Kier alpha value is -0.750. The van der Waals surface area contributed by atoms with Gasteiger partial charge in [-0.25, -0.2) is 8.42 Å². The normalized spacial score (nSPS) is 11.8. The number of sulfonamides is 1. The maximum absolute atomic E-state index is 11.7. The van der Waals surface area contributed by atoms with Gasteiger partial charge in [0, 0.05) is 12.9 Å². The number of anilines is 1. The number of rotatable bonds is 5. The number of aromatic nitrogens is 2. The van der Waals surface area contributed by atoms with Gasteiger partial charge < -0.3 is 0 Å². The second-order valence-electron chi connectivity index (χ2n) is 3.63. The van der Waals surface area contributed by atoms with Crippen LogP contribution in [0.15, 0.2) is 0 Å². The number of nitrogens with one attached hydrogen (secondary N) is 1. The summed E-state index contributed by atoms with van der Waals surface area (Å²) in [6, 6.07) is 0. The second-order valence-corrected chi connectivity index (χ2v) is 5.85. The predicted molar refractivity (Wildman–Crippen MR) is 65.4 cm³/mol. The number of hydrogen-bond donors (Lipinski definition) is 1. The highest BCUT2D eigenvalue weighted by Crippen LogP contribution is 2.19. The molecule has 1 aromatic heterocycles. The average molecular weight is 266 g/mol. The Morgan fingerprint density at radius 3 is 2.50 bits per heavy atom. The van der Waals surface area contributed by atoms with Gasteiger partial charge in [0.25, 0.3) is 0 Å². The first kappa shape index (κ1) is 13.3. The van der Waals surface area contributed by atoms with Gasteiger partial charge in [-0.2, -0.15) is 5.10 Å². The van der Waals surface area contributed by atoms with Crippen LogP contribution in [0.4, 0.5) is 5.69 Å². The van der Waals surface area contributed by atoms with E-state index in [2.05, 4.69) is 9.82 Å². The number of nitrogens with zero attached hydrogens (tertiary/aromatic N) is 2. The van der Waals surface area contributed by atoms with E-state index in [1.54, 1.807) is 18.7 Å². The Labute approximate surface area is 101 Å². The fourth-order valence-corrected chi connectivity index (χ4v) is 2.90. The zero-order valence-corrected chi connectivity index (χ0v) is 11.2. The van der Waals surface area contributed by atoms with Gasteiger partial charge in [-0.15, -0.1) is 11.6 Å². The van der Waals surface area contributed by atoms with Crippen molar-refractivity contribution in [3.05, 3.63) is 11.4 Å². The molecule has 0 radical (unpaired) electrons. The standard InChI is InChI=1S/C9H16ClN3O2S/c1-7-9(8(2)13(3)11-7)12-16(14,15)6-4-5-10/h12H,4-6H2,1-3H3. The van der Waals surface area contributed by atoms with E-state index >= 15 is 0 Å². The first-order chi connectivity index (χ1) is 7.37. The van der Waals surface area contributed by atoms with Crippen LogP contribution in [-0.4, -0.2) is 29.8 Å². The van der Waals surface area contributed by atoms with Crippen molar-refractivity contribution in [3.63, 3.8) is 0 Å². The fraction of sp³-hybridized carbons (Fsp3) is 0.667. The van der Waals surface area contributed by atoms with Crippen molar-refractivity contribution in [2.24, 2.45) is 7.05 Å². The number of hydrogen-bond acceptors (Lipinski definition) is 3. The lowest BCUT2D eigenvalue weighted by Crippen LogP contribution is -2.17. The van der Waals surface area contributed by atoms with Crippen molar-refractivity contribution in [1.29, 1.82) is 0 Å². The highest BCUT2D eigenvalue weighted by Gasteiger charge is 2.16. The van der Waals surface area contributed by atoms with Crippen molar-refractivity contribution in [2.45, 2.75) is 20.3 Å². The molecule has 0 aliphatic rings. The summed E-state index contributed by atoms with van der Waals surface area (Å²) in [6.07, 6.45) is 0.440. The molecular weight excluding hydrogens is 250 g/mol. The van der Waals surface area contributed by atoms with Crippen molar-refractivity contribution in [3.8, 4) is 0 Å². The molecule has 0 aromatic carbocycles. The molecule has 0 fully saturated rings. The first-order valence-corrected chi connectivity index (χ1v) is 7.12. The third kappa shape index (κ3) is 3.12. The Kier molecular flexibility index (Phi) is 4.21. The van der Waals surface area contributed by atoms with E-state index in [0.29, 0.717) is 23.7 Å². The maximum atomic E-state index is 11.7. The smallest absolute Gasteiger partial charge is 0.232 e. The van der Waals surface area contributed by atoms with E-state index in [0.717, 1.165) is 5.69 Å². The maximum Gasteiger partial charge on any atom is 0.232 e. The molecule has 0 spiro atoms. The van der Waals surface area contributed by atoms with Gasteiger partial charge in [0.05, 0.1) is 22.8 Å². The lowest BCUT2D eigenvalue weighted by molar-refractivity contribution is 0.600. The molecule has 7 heteroatoms. The first-order valence-electron chi connectivity index (χ1n) is 4.94. The number of aryl methyl sites for hydroxylation is 2. The monoisotopic (exact) mass is 265 g/mol. The highest BCUT2D eigenvalue weighted by atomic mass is 35.5. The summed E-state index contributed by atoms with van der Waals surface area (Å²) < 4.78 is 27.5. The fourth-order valence-electron chi connectivity index (χ4n) is 1.37. The topological polar surface area (TPSA) is 64.0 Å². The van der Waals surface area contributed by atoms with Crippen LogP contribution in [0.3, 0.4) is 0 Å². The lowest BCUT2D eigenvalue weighted by atomic mass is 10.3. The van der Waals surface area contributed by atoms with Crippen molar-refractivity contribution >= 4 is 27.3 Å². The minimum absolute atomic E-state index is 0.0320. The molecular formula is C9H16ClN3O2S. The van der Waals surface area contributed by atoms with Gasteiger partial charge in [-0.05, 0) is 20.3 Å². The van der Waals surface area contributed by atoms with Crippen molar-refractivity contribution < 1.29 is 8.42 Å². The average Bonchev–Trinajstić information content (AvgIpc) is 2.42.